The lowest BCUT2D eigenvalue weighted by Crippen LogP contribution is -2.08. The first-order valence-electron chi connectivity index (χ1n) is 5.55. The largest absolute Gasteiger partial charge is 0.478 e. The summed E-state index contributed by atoms with van der Waals surface area (Å²) in [7, 11) is -1.69. The first-order chi connectivity index (χ1) is 9.49. The van der Waals surface area contributed by atoms with Gasteiger partial charge in [0.1, 0.15) is 16.5 Å². The molecule has 2 aromatic heterocycles. The van der Waals surface area contributed by atoms with Crippen molar-refractivity contribution in [1.29, 1.82) is 0 Å². The summed E-state index contributed by atoms with van der Waals surface area (Å²) in [6, 6.07) is 4.59. The number of benzene rings is 1. The zero-order chi connectivity index (χ0) is 14.4. The molecule has 0 amide bonds. The van der Waals surface area contributed by atoms with Crippen molar-refractivity contribution >= 4 is 38.8 Å². The Labute approximate surface area is 114 Å². The predicted molar refractivity (Wildman–Crippen MR) is 74.0 cm³/mol. The van der Waals surface area contributed by atoms with Crippen LogP contribution in [-0.2, 0) is 11.0 Å². The minimum Gasteiger partial charge on any atom is -0.478 e. The molecule has 5 N–H and O–H groups in total. The summed E-state index contributed by atoms with van der Waals surface area (Å²) in [6.07, 6.45) is 1.26. The number of nitrogens with one attached hydrogen (secondary N) is 2. The minimum atomic E-state index is -1.69. The topological polar surface area (TPSA) is 129 Å². The second-order valence-corrected chi connectivity index (χ2v) is 5.28. The van der Waals surface area contributed by atoms with Crippen LogP contribution in [0, 0.1) is 0 Å². The molecule has 0 bridgehead atoms. The van der Waals surface area contributed by atoms with Gasteiger partial charge in [-0.1, -0.05) is 0 Å². The molecular formula is C12H9N3O4S. The molecular weight excluding hydrogens is 282 g/mol. The zero-order valence-corrected chi connectivity index (χ0v) is 10.8. The molecule has 0 radical (unpaired) electrons. The lowest BCUT2D eigenvalue weighted by molar-refractivity contribution is 0.0699. The van der Waals surface area contributed by atoms with Gasteiger partial charge < -0.3 is 15.1 Å². The SMILES string of the molecule is NS(=O)c1ccc2[nH]c(=O)c3[nH]cc(C(=O)O)c3c2c1. The fourth-order valence-corrected chi connectivity index (χ4v) is 2.64. The van der Waals surface area contributed by atoms with Crippen LogP contribution < -0.4 is 10.7 Å². The molecule has 7 nitrogen and oxygen atoms in total. The Balaban J connectivity index is 2.56. The van der Waals surface area contributed by atoms with Crippen molar-refractivity contribution in [2.24, 2.45) is 5.14 Å². The molecule has 3 aromatic rings. The zero-order valence-electron chi connectivity index (χ0n) is 9.97. The van der Waals surface area contributed by atoms with Gasteiger partial charge >= 0.3 is 5.97 Å². The number of fused-ring (bicyclic) bond motifs is 3. The Kier molecular flexibility index (Phi) is 2.70. The second-order valence-electron chi connectivity index (χ2n) is 4.22. The van der Waals surface area contributed by atoms with E-state index in [9.17, 15) is 18.9 Å². The highest BCUT2D eigenvalue weighted by molar-refractivity contribution is 7.82. The van der Waals surface area contributed by atoms with Crippen molar-refractivity contribution in [2.45, 2.75) is 4.90 Å². The molecule has 0 aliphatic carbocycles. The molecule has 0 fully saturated rings. The Morgan fingerprint density at radius 1 is 1.35 bits per heavy atom. The monoisotopic (exact) mass is 291 g/mol. The molecule has 2 heterocycles. The number of pyridine rings is 1. The highest BCUT2D eigenvalue weighted by atomic mass is 32.2. The third-order valence-corrected chi connectivity index (χ3v) is 3.80. The quantitative estimate of drug-likeness (QED) is 0.553. The summed E-state index contributed by atoms with van der Waals surface area (Å²) >= 11 is 0. The van der Waals surface area contributed by atoms with E-state index in [1.165, 1.54) is 18.3 Å². The Bertz CT molecular complexity index is 941. The van der Waals surface area contributed by atoms with Crippen LogP contribution in [0.2, 0.25) is 0 Å². The van der Waals surface area contributed by atoms with Gasteiger partial charge in [-0.2, -0.15) is 0 Å². The summed E-state index contributed by atoms with van der Waals surface area (Å²) < 4.78 is 11.3. The lowest BCUT2D eigenvalue weighted by Gasteiger charge is -2.03. The smallest absolute Gasteiger partial charge is 0.337 e. The van der Waals surface area contributed by atoms with E-state index in [0.29, 0.717) is 15.8 Å². The van der Waals surface area contributed by atoms with Gasteiger partial charge in [-0.25, -0.2) is 14.1 Å². The molecule has 0 saturated carbocycles. The molecule has 1 aromatic carbocycles. The standard InChI is InChI=1S/C12H9N3O4S/c13-20(19)5-1-2-8-6(3-5)9-7(12(17)18)4-14-10(9)11(16)15-8/h1-4,14H,13H2,(H,15,16)(H,17,18). The summed E-state index contributed by atoms with van der Waals surface area (Å²) in [6.45, 7) is 0. The van der Waals surface area contributed by atoms with Crippen LogP contribution in [0.5, 0.6) is 0 Å². The first kappa shape index (κ1) is 12.6. The van der Waals surface area contributed by atoms with E-state index in [4.69, 9.17) is 5.14 Å². The van der Waals surface area contributed by atoms with Crippen LogP contribution in [0.1, 0.15) is 10.4 Å². The molecule has 20 heavy (non-hydrogen) atoms. The van der Waals surface area contributed by atoms with Crippen molar-refractivity contribution in [1.82, 2.24) is 9.97 Å². The van der Waals surface area contributed by atoms with Gasteiger partial charge in [0.2, 0.25) is 0 Å². The summed E-state index contributed by atoms with van der Waals surface area (Å²) in [4.78, 5) is 28.7. The molecule has 1 unspecified atom stereocenters. The number of rotatable bonds is 2. The average Bonchev–Trinajstić information content (AvgIpc) is 2.84. The van der Waals surface area contributed by atoms with E-state index in [-0.39, 0.29) is 16.5 Å². The number of hydrogen-bond donors (Lipinski definition) is 4. The third-order valence-electron chi connectivity index (χ3n) is 3.08. The molecule has 102 valence electrons. The number of H-pyrrole nitrogens is 2. The molecule has 0 aliphatic rings. The van der Waals surface area contributed by atoms with E-state index in [0.717, 1.165) is 0 Å². The van der Waals surface area contributed by atoms with Gasteiger partial charge in [-0.05, 0) is 18.2 Å². The number of carbonyl (C=O) groups is 1. The molecule has 1 atom stereocenters. The predicted octanol–water partition coefficient (Wildman–Crippen LogP) is 0.689. The van der Waals surface area contributed by atoms with Crippen molar-refractivity contribution in [3.63, 3.8) is 0 Å². The van der Waals surface area contributed by atoms with Crippen LogP contribution >= 0.6 is 0 Å². The summed E-state index contributed by atoms with van der Waals surface area (Å²) in [5.74, 6) is -1.15. The van der Waals surface area contributed by atoms with Crippen LogP contribution in [0.25, 0.3) is 21.8 Å². The maximum atomic E-state index is 11.9. The number of carboxylic acid groups (broad SMARTS) is 1. The maximum absolute atomic E-state index is 11.9. The van der Waals surface area contributed by atoms with Crippen LogP contribution in [0.15, 0.2) is 34.1 Å². The third kappa shape index (κ3) is 1.74. The fourth-order valence-electron chi connectivity index (χ4n) is 2.20. The van der Waals surface area contributed by atoms with Gasteiger partial charge in [0.25, 0.3) is 5.56 Å². The van der Waals surface area contributed by atoms with Crippen molar-refractivity contribution in [3.05, 3.63) is 40.3 Å². The second kappa shape index (κ2) is 4.29. The molecule has 0 saturated heterocycles. The summed E-state index contributed by atoms with van der Waals surface area (Å²) in [5, 5.41) is 15.3. The normalized spacial score (nSPS) is 12.8. The van der Waals surface area contributed by atoms with E-state index in [2.05, 4.69) is 9.97 Å². The fraction of sp³-hybridized carbons (Fsp3) is 0. The van der Waals surface area contributed by atoms with Gasteiger partial charge in [-0.15, -0.1) is 0 Å². The molecule has 0 spiro atoms. The molecule has 3 rings (SSSR count). The van der Waals surface area contributed by atoms with Crippen molar-refractivity contribution in [2.75, 3.05) is 0 Å². The van der Waals surface area contributed by atoms with Crippen LogP contribution in [0.4, 0.5) is 0 Å². The lowest BCUT2D eigenvalue weighted by atomic mass is 10.1. The minimum absolute atomic E-state index is 0.0175. The summed E-state index contributed by atoms with van der Waals surface area (Å²) in [5.41, 5.74) is 0.186. The Morgan fingerprint density at radius 2 is 2.10 bits per heavy atom. The highest BCUT2D eigenvalue weighted by Crippen LogP contribution is 2.26. The van der Waals surface area contributed by atoms with E-state index >= 15 is 0 Å². The number of aromatic carboxylic acids is 1. The van der Waals surface area contributed by atoms with E-state index in [1.54, 1.807) is 6.07 Å². The van der Waals surface area contributed by atoms with E-state index in [1.807, 2.05) is 0 Å². The van der Waals surface area contributed by atoms with Crippen LogP contribution in [0.3, 0.4) is 0 Å². The van der Waals surface area contributed by atoms with Gasteiger partial charge in [0.15, 0.2) is 0 Å². The van der Waals surface area contributed by atoms with E-state index < -0.39 is 22.5 Å². The van der Waals surface area contributed by atoms with Crippen LogP contribution in [-0.4, -0.2) is 25.3 Å². The van der Waals surface area contributed by atoms with Gasteiger partial charge in [0, 0.05) is 22.5 Å². The van der Waals surface area contributed by atoms with Crippen molar-refractivity contribution < 1.29 is 14.1 Å². The van der Waals surface area contributed by atoms with Crippen molar-refractivity contribution in [3.8, 4) is 0 Å². The maximum Gasteiger partial charge on any atom is 0.337 e. The number of carboxylic acids is 1. The number of hydrogen-bond acceptors (Lipinski definition) is 3. The highest BCUT2D eigenvalue weighted by Gasteiger charge is 2.16. The van der Waals surface area contributed by atoms with Gasteiger partial charge in [-0.3, -0.25) is 4.79 Å². The number of aromatic amines is 2. The number of nitrogens with two attached hydrogens (primary N) is 1. The average molecular weight is 291 g/mol. The Hall–Kier alpha value is -2.45. The Morgan fingerprint density at radius 3 is 2.75 bits per heavy atom. The van der Waals surface area contributed by atoms with Gasteiger partial charge in [0.05, 0.1) is 10.5 Å². The first-order valence-corrected chi connectivity index (χ1v) is 6.77. The number of aromatic nitrogens is 2. The molecule has 0 aliphatic heterocycles. The molecule has 8 heteroatoms.